The van der Waals surface area contributed by atoms with Gasteiger partial charge in [0.05, 0.1) is 11.9 Å². The second-order valence-corrected chi connectivity index (χ2v) is 3.07. The molecule has 17 heavy (non-hydrogen) atoms. The normalized spacial score (nSPS) is 13.9. The molecule has 0 spiro atoms. The van der Waals surface area contributed by atoms with Gasteiger partial charge in [-0.05, 0) is 12.1 Å². The third-order valence-electron chi connectivity index (χ3n) is 1.92. The third kappa shape index (κ3) is 2.19. The fourth-order valence-electron chi connectivity index (χ4n) is 1.04. The smallest absolute Gasteiger partial charge is 0.368 e. The van der Waals surface area contributed by atoms with Gasteiger partial charge in [0.15, 0.2) is 0 Å². The van der Waals surface area contributed by atoms with Gasteiger partial charge in [-0.3, -0.25) is 4.98 Å². The van der Waals surface area contributed by atoms with E-state index in [4.69, 9.17) is 5.11 Å². The van der Waals surface area contributed by atoms with E-state index < -0.39 is 29.5 Å². The molecule has 1 aromatic heterocycles. The summed E-state index contributed by atoms with van der Waals surface area (Å²) in [6, 6.07) is 0.459. The standard InChI is InChI=1S/C8H4F7NO/c9-4-1-2-5(16-3-4)6(17,7(10,11)12)8(13,14)15/h1-3,17H. The van der Waals surface area contributed by atoms with E-state index in [-0.39, 0.29) is 12.3 Å². The molecule has 0 aliphatic carbocycles. The van der Waals surface area contributed by atoms with E-state index in [9.17, 15) is 30.7 Å². The number of aromatic nitrogens is 1. The Labute approximate surface area is 89.7 Å². The molecule has 0 saturated heterocycles. The van der Waals surface area contributed by atoms with Crippen molar-refractivity contribution in [1.29, 1.82) is 0 Å². The highest BCUT2D eigenvalue weighted by Gasteiger charge is 2.72. The molecule has 0 saturated carbocycles. The van der Waals surface area contributed by atoms with Crippen LogP contribution in [-0.2, 0) is 5.60 Å². The lowest BCUT2D eigenvalue weighted by atomic mass is 9.97. The second-order valence-electron chi connectivity index (χ2n) is 3.07. The summed E-state index contributed by atoms with van der Waals surface area (Å²) in [5, 5.41) is 8.81. The summed E-state index contributed by atoms with van der Waals surface area (Å²) in [5.74, 6) is -1.12. The average Bonchev–Trinajstić information content (AvgIpc) is 2.14. The van der Waals surface area contributed by atoms with E-state index in [1.807, 2.05) is 0 Å². The van der Waals surface area contributed by atoms with E-state index in [1.54, 1.807) is 0 Å². The van der Waals surface area contributed by atoms with Gasteiger partial charge in [0.25, 0.3) is 5.60 Å². The second kappa shape index (κ2) is 3.83. The summed E-state index contributed by atoms with van der Waals surface area (Å²) in [5.41, 5.74) is -6.85. The highest BCUT2D eigenvalue weighted by Crippen LogP contribution is 2.49. The first-order chi connectivity index (χ1) is 7.50. The average molecular weight is 263 g/mol. The zero-order valence-corrected chi connectivity index (χ0v) is 7.77. The van der Waals surface area contributed by atoms with Gasteiger partial charge < -0.3 is 5.11 Å². The highest BCUT2D eigenvalue weighted by atomic mass is 19.4. The number of hydrogen-bond acceptors (Lipinski definition) is 2. The minimum atomic E-state index is -6.02. The molecule has 1 N–H and O–H groups in total. The molecule has 0 aromatic carbocycles. The molecule has 0 bridgehead atoms. The predicted molar refractivity (Wildman–Crippen MR) is 40.2 cm³/mol. The lowest BCUT2D eigenvalue weighted by Gasteiger charge is -2.31. The van der Waals surface area contributed by atoms with Gasteiger partial charge in [0.1, 0.15) is 5.82 Å². The molecular weight excluding hydrogens is 259 g/mol. The zero-order chi connectivity index (χ0) is 13.5. The molecule has 2 nitrogen and oxygen atoms in total. The van der Waals surface area contributed by atoms with Crippen molar-refractivity contribution >= 4 is 0 Å². The molecule has 0 unspecified atom stereocenters. The van der Waals surface area contributed by atoms with Gasteiger partial charge >= 0.3 is 12.4 Å². The molecular formula is C8H4F7NO. The molecule has 0 radical (unpaired) electrons. The highest BCUT2D eigenvalue weighted by molar-refractivity contribution is 5.19. The summed E-state index contributed by atoms with van der Waals surface area (Å²) in [7, 11) is 0. The predicted octanol–water partition coefficient (Wildman–Crippen LogP) is 2.53. The van der Waals surface area contributed by atoms with Gasteiger partial charge in [0, 0.05) is 0 Å². The Morgan fingerprint density at radius 2 is 1.41 bits per heavy atom. The molecule has 0 fully saturated rings. The van der Waals surface area contributed by atoms with Crippen LogP contribution in [0.4, 0.5) is 30.7 Å². The Balaban J connectivity index is 3.41. The molecule has 0 aliphatic heterocycles. The van der Waals surface area contributed by atoms with Crippen LogP contribution in [-0.4, -0.2) is 22.4 Å². The van der Waals surface area contributed by atoms with E-state index in [2.05, 4.69) is 4.98 Å². The minimum absolute atomic E-state index is 0.121. The SMILES string of the molecule is OC(c1ccc(F)cn1)(C(F)(F)F)C(F)(F)F. The number of pyridine rings is 1. The summed E-state index contributed by atoms with van der Waals surface area (Å²) in [6.45, 7) is 0. The fourth-order valence-corrected chi connectivity index (χ4v) is 1.04. The Kier molecular flexibility index (Phi) is 3.08. The molecule has 0 atom stereocenters. The van der Waals surface area contributed by atoms with Crippen molar-refractivity contribution in [3.05, 3.63) is 29.8 Å². The fraction of sp³-hybridized carbons (Fsp3) is 0.375. The quantitative estimate of drug-likeness (QED) is 0.790. The van der Waals surface area contributed by atoms with Crippen LogP contribution >= 0.6 is 0 Å². The molecule has 0 amide bonds. The van der Waals surface area contributed by atoms with Crippen LogP contribution in [0.25, 0.3) is 0 Å². The molecule has 9 heteroatoms. The van der Waals surface area contributed by atoms with E-state index in [0.717, 1.165) is 0 Å². The molecule has 0 aliphatic rings. The molecule has 1 rings (SSSR count). The first-order valence-electron chi connectivity index (χ1n) is 3.98. The number of rotatable bonds is 1. The molecule has 96 valence electrons. The largest absolute Gasteiger partial charge is 0.432 e. The van der Waals surface area contributed by atoms with Gasteiger partial charge in [-0.15, -0.1) is 0 Å². The van der Waals surface area contributed by atoms with E-state index >= 15 is 0 Å². The monoisotopic (exact) mass is 263 g/mol. The van der Waals surface area contributed by atoms with Crippen LogP contribution in [0.1, 0.15) is 5.69 Å². The Hall–Kier alpha value is -1.38. The lowest BCUT2D eigenvalue weighted by Crippen LogP contribution is -2.54. The maximum Gasteiger partial charge on any atom is 0.432 e. The zero-order valence-electron chi connectivity index (χ0n) is 7.77. The van der Waals surface area contributed by atoms with Crippen LogP contribution in [0, 0.1) is 5.82 Å². The van der Waals surface area contributed by atoms with Gasteiger partial charge in [-0.2, -0.15) is 26.3 Å². The van der Waals surface area contributed by atoms with Crippen molar-refractivity contribution in [1.82, 2.24) is 4.98 Å². The lowest BCUT2D eigenvalue weighted by molar-refractivity contribution is -0.377. The van der Waals surface area contributed by atoms with Crippen LogP contribution < -0.4 is 0 Å². The maximum absolute atomic E-state index is 12.4. The van der Waals surface area contributed by atoms with Crippen molar-refractivity contribution in [2.24, 2.45) is 0 Å². The first kappa shape index (κ1) is 13.7. The van der Waals surface area contributed by atoms with Crippen molar-refractivity contribution in [3.63, 3.8) is 0 Å². The number of aliphatic hydroxyl groups is 1. The van der Waals surface area contributed by atoms with E-state index in [1.165, 1.54) is 0 Å². The molecule has 1 heterocycles. The van der Waals surface area contributed by atoms with Crippen molar-refractivity contribution in [2.45, 2.75) is 18.0 Å². The van der Waals surface area contributed by atoms with Crippen LogP contribution in [0.3, 0.4) is 0 Å². The Morgan fingerprint density at radius 3 is 1.71 bits per heavy atom. The third-order valence-corrected chi connectivity index (χ3v) is 1.92. The topological polar surface area (TPSA) is 33.1 Å². The number of halogens is 7. The molecule has 1 aromatic rings. The minimum Gasteiger partial charge on any atom is -0.368 e. The van der Waals surface area contributed by atoms with Crippen molar-refractivity contribution < 1.29 is 35.8 Å². The van der Waals surface area contributed by atoms with Gasteiger partial charge in [0.2, 0.25) is 0 Å². The number of hydrogen-bond donors (Lipinski definition) is 1. The number of alkyl halides is 6. The Bertz CT molecular complexity index is 380. The number of nitrogens with zero attached hydrogens (tertiary/aromatic N) is 1. The van der Waals surface area contributed by atoms with Crippen LogP contribution in [0.2, 0.25) is 0 Å². The summed E-state index contributed by atoms with van der Waals surface area (Å²) >= 11 is 0. The van der Waals surface area contributed by atoms with Gasteiger partial charge in [-0.25, -0.2) is 4.39 Å². The summed E-state index contributed by atoms with van der Waals surface area (Å²) in [6.07, 6.45) is -11.9. The van der Waals surface area contributed by atoms with Crippen LogP contribution in [0.5, 0.6) is 0 Å². The van der Waals surface area contributed by atoms with E-state index in [0.29, 0.717) is 6.07 Å². The first-order valence-corrected chi connectivity index (χ1v) is 3.98. The Morgan fingerprint density at radius 1 is 0.941 bits per heavy atom. The van der Waals surface area contributed by atoms with Crippen LogP contribution in [0.15, 0.2) is 18.3 Å². The summed E-state index contributed by atoms with van der Waals surface area (Å²) < 4.78 is 86.1. The van der Waals surface area contributed by atoms with Crippen molar-refractivity contribution in [3.8, 4) is 0 Å². The van der Waals surface area contributed by atoms with Gasteiger partial charge in [-0.1, -0.05) is 0 Å². The van der Waals surface area contributed by atoms with Crippen molar-refractivity contribution in [2.75, 3.05) is 0 Å². The summed E-state index contributed by atoms with van der Waals surface area (Å²) in [4.78, 5) is 2.62. The maximum atomic E-state index is 12.4.